The van der Waals surface area contributed by atoms with Crippen molar-refractivity contribution in [3.63, 3.8) is 0 Å². The van der Waals surface area contributed by atoms with Crippen LogP contribution in [0.2, 0.25) is 10.0 Å². The molecule has 0 atom stereocenters. The van der Waals surface area contributed by atoms with Crippen molar-refractivity contribution in [1.29, 1.82) is 0 Å². The van der Waals surface area contributed by atoms with E-state index in [0.29, 0.717) is 27.0 Å². The van der Waals surface area contributed by atoms with Gasteiger partial charge in [0, 0.05) is 11.4 Å². The predicted molar refractivity (Wildman–Crippen MR) is 72.5 cm³/mol. The second kappa shape index (κ2) is 5.00. The first kappa shape index (κ1) is 12.9. The highest BCUT2D eigenvalue weighted by atomic mass is 35.5. The van der Waals surface area contributed by atoms with E-state index < -0.39 is 0 Å². The van der Waals surface area contributed by atoms with Crippen molar-refractivity contribution in [2.45, 2.75) is 13.8 Å². The van der Waals surface area contributed by atoms with E-state index in [0.717, 1.165) is 5.69 Å². The van der Waals surface area contributed by atoms with Gasteiger partial charge in [-0.25, -0.2) is 0 Å². The van der Waals surface area contributed by atoms with E-state index in [1.165, 1.54) is 0 Å². The highest BCUT2D eigenvalue weighted by Gasteiger charge is 2.15. The lowest BCUT2D eigenvalue weighted by atomic mass is 10.2. The molecule has 0 unspecified atom stereocenters. The largest absolute Gasteiger partial charge is 0.322 e. The third-order valence-corrected chi connectivity index (χ3v) is 3.27. The number of aryl methyl sites for hydroxylation is 2. The summed E-state index contributed by atoms with van der Waals surface area (Å²) >= 11 is 11.7. The molecule has 4 nitrogen and oxygen atoms in total. The number of carbonyl (C=O) groups is 1. The van der Waals surface area contributed by atoms with E-state index in [1.54, 1.807) is 32.0 Å². The fourth-order valence-corrected chi connectivity index (χ4v) is 1.95. The number of rotatable bonds is 2. The van der Waals surface area contributed by atoms with Gasteiger partial charge in [0.1, 0.15) is 0 Å². The van der Waals surface area contributed by atoms with Crippen molar-refractivity contribution in [2.24, 2.45) is 0 Å². The standard InChI is InChI=1S/C12H11Cl2N3O/c1-6-11(7(2)17-16-6)12(18)15-8-3-4-9(13)10(14)5-8/h3-5H,1-2H3,(H,15,18)(H,16,17). The highest BCUT2D eigenvalue weighted by Crippen LogP contribution is 2.25. The summed E-state index contributed by atoms with van der Waals surface area (Å²) in [6, 6.07) is 4.93. The zero-order chi connectivity index (χ0) is 13.3. The number of amides is 1. The quantitative estimate of drug-likeness (QED) is 0.885. The van der Waals surface area contributed by atoms with E-state index in [-0.39, 0.29) is 5.91 Å². The minimum absolute atomic E-state index is 0.225. The summed E-state index contributed by atoms with van der Waals surface area (Å²) < 4.78 is 0. The van der Waals surface area contributed by atoms with Gasteiger partial charge >= 0.3 is 0 Å². The van der Waals surface area contributed by atoms with Crippen LogP contribution in [-0.2, 0) is 0 Å². The van der Waals surface area contributed by atoms with Gasteiger partial charge in [0.05, 0.1) is 21.3 Å². The van der Waals surface area contributed by atoms with Crippen molar-refractivity contribution in [2.75, 3.05) is 5.32 Å². The van der Waals surface area contributed by atoms with Gasteiger partial charge < -0.3 is 5.32 Å². The highest BCUT2D eigenvalue weighted by molar-refractivity contribution is 6.42. The fraction of sp³-hybridized carbons (Fsp3) is 0.167. The van der Waals surface area contributed by atoms with Crippen LogP contribution < -0.4 is 5.32 Å². The van der Waals surface area contributed by atoms with Gasteiger partial charge in [-0.2, -0.15) is 5.10 Å². The summed E-state index contributed by atoms with van der Waals surface area (Å²) in [7, 11) is 0. The van der Waals surface area contributed by atoms with Crippen LogP contribution in [0.15, 0.2) is 18.2 Å². The first-order valence-corrected chi connectivity index (χ1v) is 6.02. The summed E-state index contributed by atoms with van der Waals surface area (Å²) in [5, 5.41) is 10.3. The molecule has 2 rings (SSSR count). The summed E-state index contributed by atoms with van der Waals surface area (Å²) in [5.41, 5.74) is 2.52. The second-order valence-electron chi connectivity index (χ2n) is 3.89. The molecule has 94 valence electrons. The zero-order valence-electron chi connectivity index (χ0n) is 9.84. The Hall–Kier alpha value is -1.52. The lowest BCUT2D eigenvalue weighted by molar-refractivity contribution is 0.102. The Balaban J connectivity index is 2.24. The minimum atomic E-state index is -0.225. The van der Waals surface area contributed by atoms with E-state index in [1.807, 2.05) is 0 Å². The maximum atomic E-state index is 12.1. The Labute approximate surface area is 114 Å². The molecule has 0 saturated heterocycles. The molecule has 0 radical (unpaired) electrons. The van der Waals surface area contributed by atoms with Gasteiger partial charge in [0.25, 0.3) is 5.91 Å². The lowest BCUT2D eigenvalue weighted by Crippen LogP contribution is -2.13. The maximum absolute atomic E-state index is 12.1. The summed E-state index contributed by atoms with van der Waals surface area (Å²) in [5.74, 6) is -0.225. The molecular formula is C12H11Cl2N3O. The first-order chi connectivity index (χ1) is 8.49. The van der Waals surface area contributed by atoms with Crippen molar-refractivity contribution < 1.29 is 4.79 Å². The molecule has 1 aromatic carbocycles. The van der Waals surface area contributed by atoms with E-state index in [2.05, 4.69) is 15.5 Å². The van der Waals surface area contributed by atoms with Crippen LogP contribution in [0.1, 0.15) is 21.7 Å². The van der Waals surface area contributed by atoms with E-state index in [9.17, 15) is 4.79 Å². The van der Waals surface area contributed by atoms with Crippen LogP contribution in [0.3, 0.4) is 0 Å². The van der Waals surface area contributed by atoms with Crippen LogP contribution in [0.5, 0.6) is 0 Å². The van der Waals surface area contributed by atoms with Crippen LogP contribution >= 0.6 is 23.2 Å². The molecule has 18 heavy (non-hydrogen) atoms. The molecule has 1 heterocycles. The van der Waals surface area contributed by atoms with Crippen molar-refractivity contribution in [3.05, 3.63) is 45.2 Å². The average Bonchev–Trinajstić information content (AvgIpc) is 2.64. The number of hydrogen-bond acceptors (Lipinski definition) is 2. The Morgan fingerprint density at radius 1 is 1.28 bits per heavy atom. The second-order valence-corrected chi connectivity index (χ2v) is 4.71. The third-order valence-electron chi connectivity index (χ3n) is 2.53. The third kappa shape index (κ3) is 2.49. The summed E-state index contributed by atoms with van der Waals surface area (Å²) in [6.45, 7) is 3.57. The number of carbonyl (C=O) groups excluding carboxylic acids is 1. The SMILES string of the molecule is Cc1n[nH]c(C)c1C(=O)Nc1ccc(Cl)c(Cl)c1. The molecule has 0 aliphatic carbocycles. The van der Waals surface area contributed by atoms with Gasteiger partial charge in [-0.15, -0.1) is 0 Å². The maximum Gasteiger partial charge on any atom is 0.259 e. The van der Waals surface area contributed by atoms with Crippen LogP contribution in [0.25, 0.3) is 0 Å². The molecule has 2 N–H and O–H groups in total. The van der Waals surface area contributed by atoms with Crippen LogP contribution in [0, 0.1) is 13.8 Å². The van der Waals surface area contributed by atoms with Gasteiger partial charge in [-0.05, 0) is 32.0 Å². The molecule has 0 bridgehead atoms. The molecule has 2 aromatic rings. The fourth-order valence-electron chi connectivity index (χ4n) is 1.65. The molecule has 0 aliphatic heterocycles. The van der Waals surface area contributed by atoms with Crippen molar-refractivity contribution >= 4 is 34.8 Å². The zero-order valence-corrected chi connectivity index (χ0v) is 11.4. The molecule has 0 aliphatic rings. The number of benzene rings is 1. The van der Waals surface area contributed by atoms with Crippen LogP contribution in [-0.4, -0.2) is 16.1 Å². The smallest absolute Gasteiger partial charge is 0.259 e. The number of aromatic nitrogens is 2. The number of hydrogen-bond donors (Lipinski definition) is 2. The van der Waals surface area contributed by atoms with E-state index >= 15 is 0 Å². The number of nitrogens with zero attached hydrogens (tertiary/aromatic N) is 1. The van der Waals surface area contributed by atoms with Crippen molar-refractivity contribution in [3.8, 4) is 0 Å². The number of nitrogens with one attached hydrogen (secondary N) is 2. The van der Waals surface area contributed by atoms with Gasteiger partial charge in [-0.1, -0.05) is 23.2 Å². The number of anilines is 1. The Bertz CT molecular complexity index is 588. The van der Waals surface area contributed by atoms with Crippen molar-refractivity contribution in [1.82, 2.24) is 10.2 Å². The molecule has 6 heteroatoms. The molecule has 0 saturated carbocycles. The molecule has 0 fully saturated rings. The predicted octanol–water partition coefficient (Wildman–Crippen LogP) is 3.59. The summed E-state index contributed by atoms with van der Waals surface area (Å²) in [4.78, 5) is 12.1. The van der Waals surface area contributed by atoms with Gasteiger partial charge in [0.15, 0.2) is 0 Å². The Kier molecular flexibility index (Phi) is 3.59. The molecular weight excluding hydrogens is 273 g/mol. The average molecular weight is 284 g/mol. The molecule has 1 amide bonds. The summed E-state index contributed by atoms with van der Waals surface area (Å²) in [6.07, 6.45) is 0. The van der Waals surface area contributed by atoms with Gasteiger partial charge in [0.2, 0.25) is 0 Å². The number of H-pyrrole nitrogens is 1. The normalized spacial score (nSPS) is 10.4. The molecule has 0 spiro atoms. The Morgan fingerprint density at radius 2 is 2.00 bits per heavy atom. The van der Waals surface area contributed by atoms with Gasteiger partial charge in [-0.3, -0.25) is 9.89 Å². The topological polar surface area (TPSA) is 57.8 Å². The molecule has 1 aromatic heterocycles. The number of halogens is 2. The van der Waals surface area contributed by atoms with Crippen LogP contribution in [0.4, 0.5) is 5.69 Å². The number of aromatic amines is 1. The Morgan fingerprint density at radius 3 is 2.56 bits per heavy atom. The lowest BCUT2D eigenvalue weighted by Gasteiger charge is -2.06. The van der Waals surface area contributed by atoms with E-state index in [4.69, 9.17) is 23.2 Å². The minimum Gasteiger partial charge on any atom is -0.322 e. The monoisotopic (exact) mass is 283 g/mol. The first-order valence-electron chi connectivity index (χ1n) is 5.27.